The molecule has 0 aliphatic heterocycles. The molecule has 1 rings (SSSR count). The van der Waals surface area contributed by atoms with Crippen LogP contribution in [-0.4, -0.2) is 98.0 Å². The number of nitrogens with one attached hydrogen (secondary N) is 4. The Kier molecular flexibility index (Phi) is 16.7. The summed E-state index contributed by atoms with van der Waals surface area (Å²) in [6.45, 7) is 0.365. The van der Waals surface area contributed by atoms with E-state index in [1.807, 2.05) is 27.2 Å². The maximum absolute atomic E-state index is 12.8. The summed E-state index contributed by atoms with van der Waals surface area (Å²) in [7, 11) is 5.90. The quantitative estimate of drug-likeness (QED) is 0.0896. The van der Waals surface area contributed by atoms with Gasteiger partial charge in [-0.2, -0.15) is 12.6 Å². The Balaban J connectivity index is 0.0000137. The zero-order chi connectivity index (χ0) is 28.0. The van der Waals surface area contributed by atoms with Crippen molar-refractivity contribution < 1.29 is 50.7 Å². The van der Waals surface area contributed by atoms with Crippen molar-refractivity contribution in [1.29, 1.82) is 0 Å². The van der Waals surface area contributed by atoms with Crippen LogP contribution in [0.2, 0.25) is 0 Å². The number of nitrogens with zero attached hydrogens (tertiary/aromatic N) is 1. The monoisotopic (exact) mass is 639 g/mol. The fraction of sp³-hybridized carbons (Fsp3) is 0.522. The fourth-order valence-electron chi connectivity index (χ4n) is 2.87. The molecule has 0 aliphatic carbocycles. The van der Waals surface area contributed by atoms with Crippen molar-refractivity contribution in [2.24, 2.45) is 0 Å². The Labute approximate surface area is 242 Å². The molecule has 0 saturated heterocycles. The maximum Gasteiger partial charge on any atom is 0.408 e. The molecule has 0 bridgehead atoms. The van der Waals surface area contributed by atoms with Crippen LogP contribution in [0.15, 0.2) is 28.7 Å². The molecular formula is C23H35BrClN5O7S. The highest BCUT2D eigenvalue weighted by molar-refractivity contribution is 9.10. The zero-order valence-electron chi connectivity index (χ0n) is 21.5. The number of carboxylic acid groups (broad SMARTS) is 1. The lowest BCUT2D eigenvalue weighted by molar-refractivity contribution is -0.869. The number of quaternary nitrogens is 1. The molecule has 0 spiro atoms. The predicted molar refractivity (Wildman–Crippen MR) is 143 cm³/mol. The standard InChI is InChI=1S/C23H34BrN5O7S.ClH/c1-29(2,3)11-10-25-21(33)17(28-23(35)36-13-15-6-4-5-7-16(15)24)8-9-19(30)27-18(14-37)22(34)26-12-20(31)32;/h4-7,17-18H,8-14H2,1-3H3,(H5-,25,26,27,28,30,31,32,33,34,35,37);1H/t17-,18-;/m0./s1. The number of benzene rings is 1. The minimum atomic E-state index is -1.23. The van der Waals surface area contributed by atoms with Crippen LogP contribution < -0.4 is 33.7 Å². The van der Waals surface area contributed by atoms with Crippen LogP contribution in [0.4, 0.5) is 4.79 Å². The minimum Gasteiger partial charge on any atom is -1.00 e. The third kappa shape index (κ3) is 15.0. The van der Waals surface area contributed by atoms with Gasteiger partial charge in [0, 0.05) is 22.2 Å². The molecule has 0 aliphatic rings. The van der Waals surface area contributed by atoms with E-state index in [-0.39, 0.29) is 37.6 Å². The van der Waals surface area contributed by atoms with Crippen LogP contribution in [0.1, 0.15) is 18.4 Å². The summed E-state index contributed by atoms with van der Waals surface area (Å²) in [6.07, 6.45) is -1.10. The zero-order valence-corrected chi connectivity index (χ0v) is 24.7. The van der Waals surface area contributed by atoms with Gasteiger partial charge < -0.3 is 48.0 Å². The molecular weight excluding hydrogens is 606 g/mol. The molecule has 0 heterocycles. The van der Waals surface area contributed by atoms with E-state index in [1.165, 1.54) is 0 Å². The number of halogens is 2. The molecule has 38 heavy (non-hydrogen) atoms. The lowest BCUT2D eigenvalue weighted by atomic mass is 10.1. The molecule has 15 heteroatoms. The van der Waals surface area contributed by atoms with Crippen molar-refractivity contribution in [3.8, 4) is 0 Å². The molecule has 0 unspecified atom stereocenters. The van der Waals surface area contributed by atoms with Gasteiger partial charge in [0.15, 0.2) is 0 Å². The fourth-order valence-corrected chi connectivity index (χ4v) is 3.53. The van der Waals surface area contributed by atoms with Gasteiger partial charge in [-0.1, -0.05) is 34.1 Å². The van der Waals surface area contributed by atoms with Gasteiger partial charge in [-0.05, 0) is 12.5 Å². The number of amides is 4. The Morgan fingerprint density at radius 1 is 1.03 bits per heavy atom. The van der Waals surface area contributed by atoms with E-state index in [0.29, 0.717) is 17.6 Å². The summed E-state index contributed by atoms with van der Waals surface area (Å²) in [5.41, 5.74) is 0.736. The first kappa shape index (κ1) is 35.5. The lowest BCUT2D eigenvalue weighted by Gasteiger charge is -2.25. The number of carboxylic acids is 1. The highest BCUT2D eigenvalue weighted by Crippen LogP contribution is 2.16. The Morgan fingerprint density at radius 3 is 2.24 bits per heavy atom. The van der Waals surface area contributed by atoms with E-state index < -0.39 is 48.4 Å². The van der Waals surface area contributed by atoms with Gasteiger partial charge in [-0.3, -0.25) is 19.2 Å². The van der Waals surface area contributed by atoms with Crippen molar-refractivity contribution >= 4 is 58.3 Å². The molecule has 4 amide bonds. The highest BCUT2D eigenvalue weighted by Gasteiger charge is 2.25. The largest absolute Gasteiger partial charge is 1.00 e. The summed E-state index contributed by atoms with van der Waals surface area (Å²) >= 11 is 7.39. The van der Waals surface area contributed by atoms with Crippen LogP contribution in [-0.2, 0) is 30.5 Å². The summed E-state index contributed by atoms with van der Waals surface area (Å²) < 4.78 is 6.62. The van der Waals surface area contributed by atoms with E-state index in [2.05, 4.69) is 49.8 Å². The third-order valence-corrected chi connectivity index (χ3v) is 6.05. The van der Waals surface area contributed by atoms with E-state index in [9.17, 15) is 24.0 Å². The van der Waals surface area contributed by atoms with E-state index >= 15 is 0 Å². The number of hydrogen-bond acceptors (Lipinski definition) is 7. The van der Waals surface area contributed by atoms with E-state index in [1.54, 1.807) is 18.2 Å². The van der Waals surface area contributed by atoms with Gasteiger partial charge in [0.25, 0.3) is 0 Å². The summed E-state index contributed by atoms with van der Waals surface area (Å²) in [5.74, 6) is -3.05. The van der Waals surface area contributed by atoms with Crippen LogP contribution in [0.3, 0.4) is 0 Å². The Morgan fingerprint density at radius 2 is 1.66 bits per heavy atom. The number of carbonyl (C=O) groups excluding carboxylic acids is 4. The molecule has 0 saturated carbocycles. The van der Waals surface area contributed by atoms with Crippen molar-refractivity contribution in [1.82, 2.24) is 21.3 Å². The van der Waals surface area contributed by atoms with Crippen LogP contribution >= 0.6 is 28.6 Å². The van der Waals surface area contributed by atoms with Gasteiger partial charge >= 0.3 is 12.1 Å². The number of aliphatic carboxylic acids is 1. The van der Waals surface area contributed by atoms with Crippen molar-refractivity contribution in [3.05, 3.63) is 34.3 Å². The molecule has 5 N–H and O–H groups in total. The maximum atomic E-state index is 12.8. The molecule has 214 valence electrons. The van der Waals surface area contributed by atoms with Crippen molar-refractivity contribution in [2.45, 2.75) is 31.5 Å². The predicted octanol–water partition coefficient (Wildman–Crippen LogP) is -2.73. The average Bonchev–Trinajstić information content (AvgIpc) is 2.82. The number of likely N-dealkylation sites (N-methyl/N-ethyl adjacent to an activating group) is 1. The summed E-state index contributed by atoms with van der Waals surface area (Å²) in [4.78, 5) is 60.3. The number of rotatable bonds is 15. The van der Waals surface area contributed by atoms with Crippen LogP contribution in [0.5, 0.6) is 0 Å². The second-order valence-electron chi connectivity index (χ2n) is 9.12. The second kappa shape index (κ2) is 17.9. The van der Waals surface area contributed by atoms with Gasteiger partial charge in [0.05, 0.1) is 34.2 Å². The molecule has 12 nitrogen and oxygen atoms in total. The third-order valence-electron chi connectivity index (χ3n) is 4.92. The van der Waals surface area contributed by atoms with Crippen molar-refractivity contribution in [2.75, 3.05) is 46.5 Å². The average molecular weight is 641 g/mol. The Hall–Kier alpha value is -2.55. The smallest absolute Gasteiger partial charge is 0.408 e. The number of hydrogen-bond donors (Lipinski definition) is 6. The number of ether oxygens (including phenoxy) is 1. The molecule has 0 fully saturated rings. The summed E-state index contributed by atoms with van der Waals surface area (Å²) in [6, 6.07) is 5.07. The molecule has 0 radical (unpaired) electrons. The van der Waals surface area contributed by atoms with Gasteiger partial charge in [-0.15, -0.1) is 0 Å². The van der Waals surface area contributed by atoms with Gasteiger partial charge in [0.1, 0.15) is 25.2 Å². The highest BCUT2D eigenvalue weighted by atomic mass is 79.9. The molecule has 0 aromatic heterocycles. The van der Waals surface area contributed by atoms with Crippen molar-refractivity contribution in [3.63, 3.8) is 0 Å². The topological polar surface area (TPSA) is 163 Å². The number of thiol groups is 1. The molecule has 1 aromatic rings. The lowest BCUT2D eigenvalue weighted by Crippen LogP contribution is -3.00. The number of alkyl carbamates (subject to hydrolysis) is 1. The first-order chi connectivity index (χ1) is 17.3. The normalized spacial score (nSPS) is 12.2. The SMILES string of the molecule is C[N+](C)(C)CCNC(=O)[C@H](CCC(=O)N[C@@H](CS)C(=O)NCC(=O)O)NC(=O)OCc1ccccc1Br.[Cl-]. The van der Waals surface area contributed by atoms with E-state index in [0.717, 1.165) is 10.0 Å². The van der Waals surface area contributed by atoms with Gasteiger partial charge in [0.2, 0.25) is 17.7 Å². The Bertz CT molecular complexity index is 964. The van der Waals surface area contributed by atoms with Crippen LogP contribution in [0, 0.1) is 0 Å². The minimum absolute atomic E-state index is 0. The summed E-state index contributed by atoms with van der Waals surface area (Å²) in [5, 5.41) is 18.6. The second-order valence-corrected chi connectivity index (χ2v) is 10.3. The first-order valence-corrected chi connectivity index (χ1v) is 12.9. The molecule has 2 atom stereocenters. The first-order valence-electron chi connectivity index (χ1n) is 11.5. The van der Waals surface area contributed by atoms with Gasteiger partial charge in [-0.25, -0.2) is 4.79 Å². The number of carbonyl (C=O) groups is 5. The molecule has 1 aromatic carbocycles. The van der Waals surface area contributed by atoms with E-state index in [4.69, 9.17) is 9.84 Å². The van der Waals surface area contributed by atoms with Crippen LogP contribution in [0.25, 0.3) is 0 Å².